The predicted molar refractivity (Wildman–Crippen MR) is 54.2 cm³/mol. The summed E-state index contributed by atoms with van der Waals surface area (Å²) in [6.07, 6.45) is 6.49. The van der Waals surface area contributed by atoms with E-state index in [0.29, 0.717) is 0 Å². The minimum Gasteiger partial charge on any atom is -0.390 e. The van der Waals surface area contributed by atoms with Crippen LogP contribution in [0.4, 0.5) is 0 Å². The average molecular weight is 170 g/mol. The number of allylic oxidation sites excluding steroid dienone is 2. The Morgan fingerprint density at radius 1 is 1.42 bits per heavy atom. The fraction of sp³-hybridized carbons (Fsp3) is 0.818. The molecular formula is C11H22O. The summed E-state index contributed by atoms with van der Waals surface area (Å²) in [5.41, 5.74) is 0.935. The Bertz CT molecular complexity index is 140. The molecule has 1 nitrogen and oxygen atoms in total. The van der Waals surface area contributed by atoms with Crippen molar-refractivity contribution >= 4 is 0 Å². The van der Waals surface area contributed by atoms with E-state index in [2.05, 4.69) is 19.9 Å². The van der Waals surface area contributed by atoms with E-state index in [-0.39, 0.29) is 0 Å². The maximum atomic E-state index is 9.43. The van der Waals surface area contributed by atoms with E-state index in [1.165, 1.54) is 18.4 Å². The van der Waals surface area contributed by atoms with Gasteiger partial charge in [0.05, 0.1) is 5.60 Å². The molecule has 0 radical (unpaired) electrons. The summed E-state index contributed by atoms with van der Waals surface area (Å²) in [5, 5.41) is 9.43. The minimum atomic E-state index is -0.511. The largest absolute Gasteiger partial charge is 0.390 e. The Morgan fingerprint density at radius 2 is 2.00 bits per heavy atom. The van der Waals surface area contributed by atoms with Crippen molar-refractivity contribution in [2.24, 2.45) is 0 Å². The van der Waals surface area contributed by atoms with Crippen LogP contribution < -0.4 is 0 Å². The third kappa shape index (κ3) is 7.80. The molecule has 0 spiro atoms. The van der Waals surface area contributed by atoms with Crippen molar-refractivity contribution in [2.45, 2.75) is 59.0 Å². The molecule has 0 aromatic rings. The first-order chi connectivity index (χ1) is 5.45. The van der Waals surface area contributed by atoms with Crippen LogP contribution in [0.25, 0.3) is 0 Å². The zero-order valence-electron chi connectivity index (χ0n) is 8.85. The summed E-state index contributed by atoms with van der Waals surface area (Å²) >= 11 is 0. The Morgan fingerprint density at radius 3 is 2.42 bits per heavy atom. The smallest absolute Gasteiger partial charge is 0.0594 e. The maximum Gasteiger partial charge on any atom is 0.0594 e. The van der Waals surface area contributed by atoms with Gasteiger partial charge in [-0.3, -0.25) is 0 Å². The van der Waals surface area contributed by atoms with Gasteiger partial charge in [-0.2, -0.15) is 0 Å². The normalized spacial score (nSPS) is 13.6. The van der Waals surface area contributed by atoms with Gasteiger partial charge in [-0.25, -0.2) is 0 Å². The van der Waals surface area contributed by atoms with Crippen molar-refractivity contribution in [3.63, 3.8) is 0 Å². The average Bonchev–Trinajstić information content (AvgIpc) is 1.84. The molecule has 0 atom stereocenters. The van der Waals surface area contributed by atoms with Crippen LogP contribution in [0.5, 0.6) is 0 Å². The van der Waals surface area contributed by atoms with Gasteiger partial charge in [0.1, 0.15) is 0 Å². The highest BCUT2D eigenvalue weighted by atomic mass is 16.3. The first kappa shape index (κ1) is 11.7. The lowest BCUT2D eigenvalue weighted by Crippen LogP contribution is -2.17. The zero-order chi connectivity index (χ0) is 9.61. The van der Waals surface area contributed by atoms with E-state index in [1.807, 2.05) is 13.8 Å². The molecule has 72 valence electrons. The number of hydrogen-bond acceptors (Lipinski definition) is 1. The fourth-order valence-corrected chi connectivity index (χ4v) is 1.17. The van der Waals surface area contributed by atoms with Crippen molar-refractivity contribution in [3.05, 3.63) is 11.6 Å². The van der Waals surface area contributed by atoms with Gasteiger partial charge < -0.3 is 5.11 Å². The summed E-state index contributed by atoms with van der Waals surface area (Å²) in [6.45, 7) is 8.06. The fourth-order valence-electron chi connectivity index (χ4n) is 1.17. The Balaban J connectivity index is 3.60. The van der Waals surface area contributed by atoms with Gasteiger partial charge in [0.15, 0.2) is 0 Å². The first-order valence-electron chi connectivity index (χ1n) is 4.83. The van der Waals surface area contributed by atoms with Crippen LogP contribution in [0.2, 0.25) is 0 Å². The molecule has 0 unspecified atom stereocenters. The van der Waals surface area contributed by atoms with Gasteiger partial charge in [-0.1, -0.05) is 25.0 Å². The summed E-state index contributed by atoms with van der Waals surface area (Å²) in [6, 6.07) is 0. The highest BCUT2D eigenvalue weighted by Gasteiger charge is 2.09. The highest BCUT2D eigenvalue weighted by Crippen LogP contribution is 2.13. The molecule has 0 aromatic carbocycles. The quantitative estimate of drug-likeness (QED) is 0.628. The summed E-state index contributed by atoms with van der Waals surface area (Å²) in [4.78, 5) is 0. The molecule has 1 heteroatoms. The number of hydrogen-bond donors (Lipinski definition) is 1. The Kier molecular flexibility index (Phi) is 5.23. The van der Waals surface area contributed by atoms with Gasteiger partial charge in [0, 0.05) is 0 Å². The van der Waals surface area contributed by atoms with Crippen molar-refractivity contribution in [2.75, 3.05) is 0 Å². The SMILES string of the molecule is CCC/C(C)=C\CCC(C)(C)O. The molecule has 1 N–H and O–H groups in total. The summed E-state index contributed by atoms with van der Waals surface area (Å²) < 4.78 is 0. The van der Waals surface area contributed by atoms with E-state index in [0.717, 1.165) is 12.8 Å². The molecule has 0 rings (SSSR count). The monoisotopic (exact) mass is 170 g/mol. The molecule has 0 aliphatic rings. The van der Waals surface area contributed by atoms with E-state index >= 15 is 0 Å². The summed E-state index contributed by atoms with van der Waals surface area (Å²) in [7, 11) is 0. The number of rotatable bonds is 5. The van der Waals surface area contributed by atoms with Gasteiger partial charge in [0.2, 0.25) is 0 Å². The zero-order valence-corrected chi connectivity index (χ0v) is 8.85. The molecule has 0 aliphatic heterocycles. The van der Waals surface area contributed by atoms with Gasteiger partial charge in [0.25, 0.3) is 0 Å². The van der Waals surface area contributed by atoms with Gasteiger partial charge in [-0.05, 0) is 40.0 Å². The molecule has 0 saturated carbocycles. The van der Waals surface area contributed by atoms with E-state index in [1.54, 1.807) is 0 Å². The molecular weight excluding hydrogens is 148 g/mol. The molecule has 0 saturated heterocycles. The predicted octanol–water partition coefficient (Wildman–Crippen LogP) is 3.28. The lowest BCUT2D eigenvalue weighted by molar-refractivity contribution is 0.0721. The lowest BCUT2D eigenvalue weighted by Gasteiger charge is -2.15. The second-order valence-electron chi connectivity index (χ2n) is 4.15. The number of aliphatic hydroxyl groups is 1. The molecule has 0 amide bonds. The molecule has 12 heavy (non-hydrogen) atoms. The van der Waals surface area contributed by atoms with Crippen LogP contribution in [-0.2, 0) is 0 Å². The standard InChI is InChI=1S/C11H22O/c1-5-7-10(2)8-6-9-11(3,4)12/h8,12H,5-7,9H2,1-4H3/b10-8-. The van der Waals surface area contributed by atoms with E-state index < -0.39 is 5.60 Å². The molecule has 0 aromatic heterocycles. The van der Waals surface area contributed by atoms with Crippen molar-refractivity contribution < 1.29 is 5.11 Å². The van der Waals surface area contributed by atoms with Gasteiger partial charge in [-0.15, -0.1) is 0 Å². The minimum absolute atomic E-state index is 0.511. The van der Waals surface area contributed by atoms with E-state index in [4.69, 9.17) is 0 Å². The Labute approximate surface area is 76.5 Å². The lowest BCUT2D eigenvalue weighted by atomic mass is 10.0. The molecule has 0 fully saturated rings. The third-order valence-electron chi connectivity index (χ3n) is 1.89. The summed E-state index contributed by atoms with van der Waals surface area (Å²) in [5.74, 6) is 0. The van der Waals surface area contributed by atoms with E-state index in [9.17, 15) is 5.11 Å². The van der Waals surface area contributed by atoms with Crippen LogP contribution in [0.1, 0.15) is 53.4 Å². The first-order valence-corrected chi connectivity index (χ1v) is 4.83. The van der Waals surface area contributed by atoms with Crippen LogP contribution in [0, 0.1) is 0 Å². The second-order valence-corrected chi connectivity index (χ2v) is 4.15. The topological polar surface area (TPSA) is 20.2 Å². The van der Waals surface area contributed by atoms with Crippen molar-refractivity contribution in [1.29, 1.82) is 0 Å². The molecule has 0 heterocycles. The van der Waals surface area contributed by atoms with Crippen LogP contribution >= 0.6 is 0 Å². The van der Waals surface area contributed by atoms with Crippen molar-refractivity contribution in [1.82, 2.24) is 0 Å². The second kappa shape index (κ2) is 5.36. The molecule has 0 aliphatic carbocycles. The van der Waals surface area contributed by atoms with Crippen LogP contribution in [0.3, 0.4) is 0 Å². The van der Waals surface area contributed by atoms with Crippen molar-refractivity contribution in [3.8, 4) is 0 Å². The van der Waals surface area contributed by atoms with Crippen LogP contribution in [-0.4, -0.2) is 10.7 Å². The Hall–Kier alpha value is -0.300. The van der Waals surface area contributed by atoms with Crippen LogP contribution in [0.15, 0.2) is 11.6 Å². The molecule has 0 bridgehead atoms. The third-order valence-corrected chi connectivity index (χ3v) is 1.89. The highest BCUT2D eigenvalue weighted by molar-refractivity contribution is 4.97. The maximum absolute atomic E-state index is 9.43. The van der Waals surface area contributed by atoms with Gasteiger partial charge >= 0.3 is 0 Å².